The lowest BCUT2D eigenvalue weighted by atomic mass is 10.2. The zero-order valence-corrected chi connectivity index (χ0v) is 8.46. The van der Waals surface area contributed by atoms with E-state index in [-0.39, 0.29) is 0 Å². The minimum Gasteiger partial charge on any atom is -0.493 e. The van der Waals surface area contributed by atoms with Crippen molar-refractivity contribution in [2.45, 2.75) is 6.92 Å². The highest BCUT2D eigenvalue weighted by molar-refractivity contribution is 5.53. The Morgan fingerprint density at radius 2 is 1.64 bits per heavy atom. The molecular weight excluding hydrogens is 187 g/mol. The smallest absolute Gasteiger partial charge is 0.229 e. The lowest BCUT2D eigenvalue weighted by molar-refractivity contribution is 0.177. The fraction of sp³-hybridized carbons (Fsp3) is 0.400. The molecule has 0 aromatic heterocycles. The summed E-state index contributed by atoms with van der Waals surface area (Å²) in [6.45, 7) is 0.986. The summed E-state index contributed by atoms with van der Waals surface area (Å²) in [6, 6.07) is 3.51. The van der Waals surface area contributed by atoms with Gasteiger partial charge in [0.05, 0.1) is 14.2 Å². The summed E-state index contributed by atoms with van der Waals surface area (Å²) < 4.78 is 27.0. The van der Waals surface area contributed by atoms with E-state index in [4.69, 9.17) is 14.2 Å². The molecule has 0 radical (unpaired) electrons. The number of benzene rings is 1. The van der Waals surface area contributed by atoms with Crippen molar-refractivity contribution in [2.24, 2.45) is 0 Å². The van der Waals surface area contributed by atoms with E-state index in [1.807, 2.05) is 6.92 Å². The molecule has 0 unspecified atom stereocenters. The Bertz CT molecular complexity index is 287. The average Bonchev–Trinajstić information content (AvgIpc) is 2.20. The van der Waals surface area contributed by atoms with Gasteiger partial charge in [0.15, 0.2) is 11.5 Å². The van der Waals surface area contributed by atoms with E-state index in [1.165, 1.54) is 14.2 Å². The molecule has 4 heteroatoms. The van der Waals surface area contributed by atoms with Crippen LogP contribution in [0.2, 0.25) is 0 Å². The van der Waals surface area contributed by atoms with Crippen molar-refractivity contribution in [1.29, 1.82) is 0 Å². The first kappa shape index (κ1) is 10.6. The number of hydrogen-bond donors (Lipinski definition) is 0. The third-order valence-electron chi connectivity index (χ3n) is 1.80. The van der Waals surface area contributed by atoms with Crippen molar-refractivity contribution in [3.05, 3.63) is 17.7 Å². The third kappa shape index (κ3) is 2.07. The van der Waals surface area contributed by atoms with Gasteiger partial charge in [-0.15, -0.1) is 0 Å². The van der Waals surface area contributed by atoms with Gasteiger partial charge in [0.25, 0.3) is 0 Å². The lowest BCUT2D eigenvalue weighted by Gasteiger charge is -2.13. The summed E-state index contributed by atoms with van der Waals surface area (Å²) in [7, 11) is 3.00. The summed E-state index contributed by atoms with van der Waals surface area (Å²) in [4.78, 5) is 0. The monoisotopic (exact) mass is 200 g/mol. The highest BCUT2D eigenvalue weighted by atomic mass is 19.1. The van der Waals surface area contributed by atoms with E-state index in [0.29, 0.717) is 17.2 Å². The van der Waals surface area contributed by atoms with Crippen LogP contribution in [0.15, 0.2) is 12.1 Å². The summed E-state index contributed by atoms with van der Waals surface area (Å²) in [5.74, 6) is 1.24. The zero-order chi connectivity index (χ0) is 10.6. The molecule has 0 spiro atoms. The molecule has 14 heavy (non-hydrogen) atoms. The molecule has 0 atom stereocenters. The minimum absolute atomic E-state index is 0.295. The second kappa shape index (κ2) is 4.69. The van der Waals surface area contributed by atoms with Gasteiger partial charge < -0.3 is 14.2 Å². The molecule has 0 saturated heterocycles. The molecule has 0 aliphatic rings. The summed E-state index contributed by atoms with van der Waals surface area (Å²) in [5, 5.41) is 0. The zero-order valence-electron chi connectivity index (χ0n) is 8.46. The molecule has 0 aliphatic carbocycles. The Labute approximate surface area is 82.4 Å². The number of alkyl halides is 1. The van der Waals surface area contributed by atoms with Crippen LogP contribution in [0.4, 0.5) is 4.39 Å². The van der Waals surface area contributed by atoms with Gasteiger partial charge in [0, 0.05) is 0 Å². The van der Waals surface area contributed by atoms with Crippen LogP contribution < -0.4 is 14.2 Å². The standard InChI is InChI=1S/C10H13FO3/c1-7-4-8(12-2)10(14-6-11)9(5-7)13-3/h4-5H,6H2,1-3H3. The Morgan fingerprint density at radius 3 is 2.00 bits per heavy atom. The Hall–Kier alpha value is -1.45. The molecule has 0 bridgehead atoms. The van der Waals surface area contributed by atoms with Crippen LogP contribution in [0.3, 0.4) is 0 Å². The Morgan fingerprint density at radius 1 is 1.14 bits per heavy atom. The lowest BCUT2D eigenvalue weighted by Crippen LogP contribution is -1.98. The molecule has 0 N–H and O–H groups in total. The molecular formula is C10H13FO3. The molecule has 0 heterocycles. The number of methoxy groups -OCH3 is 2. The van der Waals surface area contributed by atoms with Crippen molar-refractivity contribution in [3.63, 3.8) is 0 Å². The van der Waals surface area contributed by atoms with Crippen LogP contribution >= 0.6 is 0 Å². The maximum atomic E-state index is 12.1. The highest BCUT2D eigenvalue weighted by Gasteiger charge is 2.12. The minimum atomic E-state index is -0.907. The van der Waals surface area contributed by atoms with Gasteiger partial charge in [-0.3, -0.25) is 0 Å². The predicted octanol–water partition coefficient (Wildman–Crippen LogP) is 2.32. The maximum absolute atomic E-state index is 12.1. The highest BCUT2D eigenvalue weighted by Crippen LogP contribution is 2.38. The maximum Gasteiger partial charge on any atom is 0.229 e. The molecule has 0 amide bonds. The van der Waals surface area contributed by atoms with Crippen molar-refractivity contribution in [2.75, 3.05) is 21.1 Å². The molecule has 3 nitrogen and oxygen atoms in total. The second-order valence-corrected chi connectivity index (χ2v) is 2.75. The van der Waals surface area contributed by atoms with E-state index >= 15 is 0 Å². The number of ether oxygens (including phenoxy) is 3. The van der Waals surface area contributed by atoms with Crippen LogP contribution in [0.5, 0.6) is 17.2 Å². The van der Waals surface area contributed by atoms with Gasteiger partial charge in [0.1, 0.15) is 0 Å². The molecule has 0 saturated carbocycles. The summed E-state index contributed by atoms with van der Waals surface area (Å²) >= 11 is 0. The van der Waals surface area contributed by atoms with Crippen LogP contribution in [-0.2, 0) is 0 Å². The van der Waals surface area contributed by atoms with E-state index in [0.717, 1.165) is 5.56 Å². The quantitative estimate of drug-likeness (QED) is 0.746. The number of rotatable bonds is 4. The van der Waals surface area contributed by atoms with Crippen LogP contribution in [0.25, 0.3) is 0 Å². The first-order chi connectivity index (χ1) is 6.72. The van der Waals surface area contributed by atoms with Gasteiger partial charge in [0.2, 0.25) is 12.6 Å². The molecule has 0 aliphatic heterocycles. The number of hydrogen-bond acceptors (Lipinski definition) is 3. The van der Waals surface area contributed by atoms with Gasteiger partial charge in [-0.05, 0) is 24.6 Å². The van der Waals surface area contributed by atoms with E-state index in [9.17, 15) is 4.39 Å². The first-order valence-electron chi connectivity index (χ1n) is 4.14. The average molecular weight is 200 g/mol. The van der Waals surface area contributed by atoms with Gasteiger partial charge in [-0.2, -0.15) is 0 Å². The van der Waals surface area contributed by atoms with E-state index in [2.05, 4.69) is 0 Å². The number of halogens is 1. The SMILES string of the molecule is COc1cc(C)cc(OC)c1OCF. The van der Waals surface area contributed by atoms with Crippen LogP contribution in [0.1, 0.15) is 5.56 Å². The largest absolute Gasteiger partial charge is 0.493 e. The second-order valence-electron chi connectivity index (χ2n) is 2.75. The van der Waals surface area contributed by atoms with Crippen LogP contribution in [0, 0.1) is 6.92 Å². The molecule has 0 fully saturated rings. The van der Waals surface area contributed by atoms with Gasteiger partial charge >= 0.3 is 0 Å². The van der Waals surface area contributed by atoms with Crippen molar-refractivity contribution >= 4 is 0 Å². The fourth-order valence-corrected chi connectivity index (χ4v) is 1.21. The predicted molar refractivity (Wildman–Crippen MR) is 50.9 cm³/mol. The van der Waals surface area contributed by atoms with Gasteiger partial charge in [-0.1, -0.05) is 0 Å². The molecule has 1 rings (SSSR count). The third-order valence-corrected chi connectivity index (χ3v) is 1.80. The topological polar surface area (TPSA) is 27.7 Å². The van der Waals surface area contributed by atoms with Crippen molar-refractivity contribution in [1.82, 2.24) is 0 Å². The molecule has 78 valence electrons. The fourth-order valence-electron chi connectivity index (χ4n) is 1.21. The molecule has 1 aromatic rings. The van der Waals surface area contributed by atoms with E-state index in [1.54, 1.807) is 12.1 Å². The number of aryl methyl sites for hydroxylation is 1. The first-order valence-corrected chi connectivity index (χ1v) is 4.14. The van der Waals surface area contributed by atoms with Crippen molar-refractivity contribution < 1.29 is 18.6 Å². The Kier molecular flexibility index (Phi) is 3.56. The van der Waals surface area contributed by atoms with Crippen LogP contribution in [-0.4, -0.2) is 21.1 Å². The Balaban J connectivity index is 3.18. The summed E-state index contributed by atoms with van der Waals surface area (Å²) in [6.07, 6.45) is 0. The normalized spacial score (nSPS) is 9.71. The van der Waals surface area contributed by atoms with Crippen molar-refractivity contribution in [3.8, 4) is 17.2 Å². The molecule has 1 aromatic carbocycles. The van der Waals surface area contributed by atoms with Gasteiger partial charge in [-0.25, -0.2) is 4.39 Å². The summed E-state index contributed by atoms with van der Waals surface area (Å²) in [5.41, 5.74) is 0.963. The van der Waals surface area contributed by atoms with E-state index < -0.39 is 6.86 Å².